The summed E-state index contributed by atoms with van der Waals surface area (Å²) in [6.07, 6.45) is 4.34. The molecule has 1 aliphatic rings. The Morgan fingerprint density at radius 2 is 2.45 bits per heavy atom. The third-order valence-electron chi connectivity index (χ3n) is 2.39. The van der Waals surface area contributed by atoms with E-state index in [1.807, 2.05) is 6.08 Å². The Balaban J connectivity index is 2.43. The first kappa shape index (κ1) is 9.08. The topological polar surface area (TPSA) is 3.24 Å². The lowest BCUT2D eigenvalue weighted by Crippen LogP contribution is -2.43. The molecule has 64 valence electrons. The summed E-state index contributed by atoms with van der Waals surface area (Å²) in [6.45, 7) is 8.08. The molecule has 0 aromatic heterocycles. The smallest absolute Gasteiger partial charge is 0.0489 e. The first-order chi connectivity index (χ1) is 5.25. The van der Waals surface area contributed by atoms with Crippen LogP contribution in [0.5, 0.6) is 0 Å². The minimum absolute atomic E-state index is 0.337. The molecule has 1 rings (SSSR count). The molecule has 0 aromatic carbocycles. The van der Waals surface area contributed by atoms with Gasteiger partial charge in [-0.25, -0.2) is 0 Å². The van der Waals surface area contributed by atoms with Crippen molar-refractivity contribution >= 4 is 11.6 Å². The van der Waals surface area contributed by atoms with Crippen LogP contribution in [0.4, 0.5) is 0 Å². The highest BCUT2D eigenvalue weighted by Crippen LogP contribution is 2.21. The number of piperidine rings is 1. The molecule has 0 N–H and O–H groups in total. The van der Waals surface area contributed by atoms with E-state index >= 15 is 0 Å². The summed E-state index contributed by atoms with van der Waals surface area (Å²) in [5, 5.41) is 0.337. The van der Waals surface area contributed by atoms with Crippen molar-refractivity contribution in [1.82, 2.24) is 4.90 Å². The fraction of sp³-hybridized carbons (Fsp3) is 0.778. The molecule has 0 saturated carbocycles. The minimum atomic E-state index is 0.337. The van der Waals surface area contributed by atoms with Crippen molar-refractivity contribution in [2.45, 2.75) is 31.2 Å². The number of hydrogen-bond acceptors (Lipinski definition) is 1. The van der Waals surface area contributed by atoms with Crippen LogP contribution >= 0.6 is 11.6 Å². The Bertz CT molecular complexity index is 136. The van der Waals surface area contributed by atoms with Gasteiger partial charge in [0.25, 0.3) is 0 Å². The molecule has 0 aliphatic carbocycles. The summed E-state index contributed by atoms with van der Waals surface area (Å²) in [5.41, 5.74) is 0. The van der Waals surface area contributed by atoms with Gasteiger partial charge in [0, 0.05) is 18.0 Å². The average Bonchev–Trinajstić information content (AvgIpc) is 1.99. The summed E-state index contributed by atoms with van der Waals surface area (Å²) >= 11 is 6.12. The highest BCUT2D eigenvalue weighted by molar-refractivity contribution is 6.21. The number of halogens is 1. The van der Waals surface area contributed by atoms with E-state index in [-0.39, 0.29) is 0 Å². The average molecular weight is 174 g/mol. The first-order valence-electron chi connectivity index (χ1n) is 4.24. The lowest BCUT2D eigenvalue weighted by Gasteiger charge is -2.35. The number of hydrogen-bond donors (Lipinski definition) is 0. The first-order valence-corrected chi connectivity index (χ1v) is 4.68. The highest BCUT2D eigenvalue weighted by Gasteiger charge is 2.24. The van der Waals surface area contributed by atoms with E-state index in [1.54, 1.807) is 0 Å². The Kier molecular flexibility index (Phi) is 3.41. The summed E-state index contributed by atoms with van der Waals surface area (Å²) in [7, 11) is 0. The van der Waals surface area contributed by atoms with Gasteiger partial charge in [-0.05, 0) is 26.3 Å². The van der Waals surface area contributed by atoms with Crippen molar-refractivity contribution in [3.63, 3.8) is 0 Å². The maximum Gasteiger partial charge on any atom is 0.0489 e. The lowest BCUT2D eigenvalue weighted by atomic mass is 10.0. The maximum atomic E-state index is 6.12. The summed E-state index contributed by atoms with van der Waals surface area (Å²) in [4.78, 5) is 2.38. The molecule has 0 spiro atoms. The van der Waals surface area contributed by atoms with Crippen molar-refractivity contribution in [2.24, 2.45) is 0 Å². The van der Waals surface area contributed by atoms with Gasteiger partial charge in [-0.1, -0.05) is 6.08 Å². The molecule has 0 aromatic rings. The molecule has 11 heavy (non-hydrogen) atoms. The van der Waals surface area contributed by atoms with E-state index in [0.717, 1.165) is 13.0 Å². The predicted molar refractivity (Wildman–Crippen MR) is 50.1 cm³/mol. The van der Waals surface area contributed by atoms with Gasteiger partial charge in [0.15, 0.2) is 0 Å². The zero-order valence-electron chi connectivity index (χ0n) is 7.09. The number of nitrogens with zero attached hydrogens (tertiary/aromatic N) is 1. The molecule has 0 bridgehead atoms. The quantitative estimate of drug-likeness (QED) is 0.458. The minimum Gasteiger partial charge on any atom is -0.296 e. The van der Waals surface area contributed by atoms with Crippen LogP contribution in [0.2, 0.25) is 0 Å². The fourth-order valence-corrected chi connectivity index (χ4v) is 1.90. The van der Waals surface area contributed by atoms with Gasteiger partial charge in [-0.2, -0.15) is 0 Å². The molecule has 2 unspecified atom stereocenters. The summed E-state index contributed by atoms with van der Waals surface area (Å²) in [5.74, 6) is 0. The molecule has 2 atom stereocenters. The van der Waals surface area contributed by atoms with Crippen molar-refractivity contribution in [2.75, 3.05) is 13.1 Å². The predicted octanol–water partition coefficient (Wildman–Crippen LogP) is 2.26. The number of alkyl halides is 1. The van der Waals surface area contributed by atoms with Gasteiger partial charge in [0.05, 0.1) is 0 Å². The number of likely N-dealkylation sites (tertiary alicyclic amines) is 1. The standard InChI is InChI=1S/C9H16ClN/c1-3-6-11-7-4-5-9(10)8(11)2/h3,8-9H,1,4-7H2,2H3. The Hall–Kier alpha value is -0.0100. The molecule has 0 radical (unpaired) electrons. The van der Waals surface area contributed by atoms with Crippen molar-refractivity contribution < 1.29 is 0 Å². The largest absolute Gasteiger partial charge is 0.296 e. The van der Waals surface area contributed by atoms with Crippen molar-refractivity contribution in [3.05, 3.63) is 12.7 Å². The Morgan fingerprint density at radius 3 is 3.09 bits per heavy atom. The molecular weight excluding hydrogens is 158 g/mol. The second-order valence-electron chi connectivity index (χ2n) is 3.18. The fourth-order valence-electron chi connectivity index (χ4n) is 1.59. The third-order valence-corrected chi connectivity index (χ3v) is 2.97. The van der Waals surface area contributed by atoms with Gasteiger partial charge in [-0.3, -0.25) is 4.90 Å². The summed E-state index contributed by atoms with van der Waals surface area (Å²) in [6, 6.07) is 0.517. The maximum absolute atomic E-state index is 6.12. The molecular formula is C9H16ClN. The summed E-state index contributed by atoms with van der Waals surface area (Å²) < 4.78 is 0. The van der Waals surface area contributed by atoms with Gasteiger partial charge in [0.1, 0.15) is 0 Å². The van der Waals surface area contributed by atoms with E-state index in [0.29, 0.717) is 11.4 Å². The second kappa shape index (κ2) is 4.13. The molecule has 0 amide bonds. The van der Waals surface area contributed by atoms with Crippen LogP contribution in [0, 0.1) is 0 Å². The second-order valence-corrected chi connectivity index (χ2v) is 3.74. The van der Waals surface area contributed by atoms with Gasteiger partial charge in [-0.15, -0.1) is 18.2 Å². The van der Waals surface area contributed by atoms with Crippen LogP contribution in [-0.2, 0) is 0 Å². The van der Waals surface area contributed by atoms with Crippen LogP contribution in [0.25, 0.3) is 0 Å². The number of rotatable bonds is 2. The van der Waals surface area contributed by atoms with Crippen LogP contribution in [0.1, 0.15) is 19.8 Å². The molecule has 1 saturated heterocycles. The lowest BCUT2D eigenvalue weighted by molar-refractivity contribution is 0.183. The van der Waals surface area contributed by atoms with Crippen LogP contribution in [-0.4, -0.2) is 29.4 Å². The molecule has 1 aliphatic heterocycles. The van der Waals surface area contributed by atoms with E-state index in [2.05, 4.69) is 18.4 Å². The van der Waals surface area contributed by atoms with Crippen molar-refractivity contribution in [3.8, 4) is 0 Å². The highest BCUT2D eigenvalue weighted by atomic mass is 35.5. The van der Waals surface area contributed by atoms with E-state index in [4.69, 9.17) is 11.6 Å². The third kappa shape index (κ3) is 2.21. The van der Waals surface area contributed by atoms with Gasteiger partial charge in [0.2, 0.25) is 0 Å². The zero-order valence-corrected chi connectivity index (χ0v) is 7.85. The molecule has 1 heterocycles. The van der Waals surface area contributed by atoms with Gasteiger partial charge < -0.3 is 0 Å². The Labute approximate surface area is 74.0 Å². The zero-order chi connectivity index (χ0) is 8.27. The van der Waals surface area contributed by atoms with E-state index in [1.165, 1.54) is 13.0 Å². The Morgan fingerprint density at radius 1 is 1.73 bits per heavy atom. The van der Waals surface area contributed by atoms with Gasteiger partial charge >= 0.3 is 0 Å². The van der Waals surface area contributed by atoms with E-state index < -0.39 is 0 Å². The van der Waals surface area contributed by atoms with Crippen LogP contribution in [0.15, 0.2) is 12.7 Å². The molecule has 1 fully saturated rings. The molecule has 2 heteroatoms. The monoisotopic (exact) mass is 173 g/mol. The molecule has 1 nitrogen and oxygen atoms in total. The normalized spacial score (nSPS) is 33.6. The SMILES string of the molecule is C=CCN1CCCC(Cl)C1C. The van der Waals surface area contributed by atoms with E-state index in [9.17, 15) is 0 Å². The van der Waals surface area contributed by atoms with Crippen molar-refractivity contribution in [1.29, 1.82) is 0 Å². The van der Waals surface area contributed by atoms with Crippen LogP contribution in [0.3, 0.4) is 0 Å². The van der Waals surface area contributed by atoms with Crippen LogP contribution < -0.4 is 0 Å².